The lowest BCUT2D eigenvalue weighted by atomic mass is 9.82. The highest BCUT2D eigenvalue weighted by Gasteiger charge is 2.37. The summed E-state index contributed by atoms with van der Waals surface area (Å²) in [6.07, 6.45) is 0.767. The van der Waals surface area contributed by atoms with Crippen molar-refractivity contribution in [2.75, 3.05) is 13.2 Å². The summed E-state index contributed by atoms with van der Waals surface area (Å²) >= 11 is 0. The second-order valence-corrected chi connectivity index (χ2v) is 6.83. The third kappa shape index (κ3) is 4.69. The van der Waals surface area contributed by atoms with E-state index in [9.17, 15) is 18.7 Å². The molecule has 142 valence electrons. The average molecular weight is 366 g/mol. The molecule has 1 aromatic heterocycles. The number of aromatic nitrogens is 2. The summed E-state index contributed by atoms with van der Waals surface area (Å²) in [6.45, 7) is 0.125. The number of nitrogens with one attached hydrogen (secondary N) is 3. The minimum absolute atomic E-state index is 0.124. The van der Waals surface area contributed by atoms with Crippen molar-refractivity contribution in [2.24, 2.45) is 5.92 Å². The van der Waals surface area contributed by atoms with Crippen LogP contribution in [-0.4, -0.2) is 46.2 Å². The summed E-state index contributed by atoms with van der Waals surface area (Å²) in [4.78, 5) is 19.7. The summed E-state index contributed by atoms with van der Waals surface area (Å²) in [6, 6.07) is 6.77. The van der Waals surface area contributed by atoms with E-state index >= 15 is 0 Å². The topological polar surface area (TPSA) is 90.0 Å². The number of hydrogen-bond donors (Lipinski definition) is 4. The predicted molar refractivity (Wildman–Crippen MR) is 94.1 cm³/mol. The highest BCUT2D eigenvalue weighted by Crippen LogP contribution is 2.37. The maximum atomic E-state index is 13.2. The molecule has 1 aliphatic rings. The van der Waals surface area contributed by atoms with Gasteiger partial charge in [0.05, 0.1) is 23.7 Å². The predicted octanol–water partition coefficient (Wildman–Crippen LogP) is 2.59. The molecule has 6 nitrogen and oxygen atoms in total. The highest BCUT2D eigenvalue weighted by atomic mass is 19.3. The standard InChI is InChI=1S/C18H24F2N4O2/c19-18(20)8-5-12(6-9-18)15(11-25)24-17(26)21-10-7-16-22-13-3-1-2-4-14(13)23-16/h1-4,12,15,25H,5-11H2,(H,22,23)(H2,21,24,26). The Labute approximate surface area is 150 Å². The normalized spacial score (nSPS) is 18.6. The lowest BCUT2D eigenvalue weighted by molar-refractivity contribution is -0.0510. The molecular weight excluding hydrogens is 342 g/mol. The first-order chi connectivity index (χ1) is 12.5. The summed E-state index contributed by atoms with van der Waals surface area (Å²) in [5.74, 6) is -1.97. The summed E-state index contributed by atoms with van der Waals surface area (Å²) in [7, 11) is 0. The largest absolute Gasteiger partial charge is 0.394 e. The number of halogens is 2. The van der Waals surface area contributed by atoms with Gasteiger partial charge in [0, 0.05) is 25.8 Å². The number of imidazole rings is 1. The summed E-state index contributed by atoms with van der Waals surface area (Å²) in [5, 5.41) is 14.9. The van der Waals surface area contributed by atoms with Crippen molar-refractivity contribution < 1.29 is 18.7 Å². The molecule has 4 N–H and O–H groups in total. The first-order valence-corrected chi connectivity index (χ1v) is 8.93. The van der Waals surface area contributed by atoms with Gasteiger partial charge in [0.2, 0.25) is 5.92 Å². The van der Waals surface area contributed by atoms with Crippen molar-refractivity contribution >= 4 is 17.1 Å². The quantitative estimate of drug-likeness (QED) is 0.633. The van der Waals surface area contributed by atoms with Gasteiger partial charge in [-0.05, 0) is 30.9 Å². The van der Waals surface area contributed by atoms with Gasteiger partial charge in [0.1, 0.15) is 5.82 Å². The molecule has 1 aromatic carbocycles. The fraction of sp³-hybridized carbons (Fsp3) is 0.556. The molecule has 1 atom stereocenters. The number of urea groups is 1. The average Bonchev–Trinajstić information content (AvgIpc) is 3.02. The number of hydrogen-bond acceptors (Lipinski definition) is 3. The molecule has 3 rings (SSSR count). The Morgan fingerprint density at radius 3 is 2.77 bits per heavy atom. The second kappa shape index (κ2) is 7.99. The van der Waals surface area contributed by atoms with Crippen LogP contribution in [0.25, 0.3) is 11.0 Å². The first-order valence-electron chi connectivity index (χ1n) is 8.93. The molecule has 2 amide bonds. The van der Waals surface area contributed by atoms with Crippen LogP contribution in [0.2, 0.25) is 0 Å². The summed E-state index contributed by atoms with van der Waals surface area (Å²) in [5.41, 5.74) is 1.82. The molecule has 1 unspecified atom stereocenters. The molecule has 0 bridgehead atoms. The van der Waals surface area contributed by atoms with E-state index in [1.807, 2.05) is 24.3 Å². The Hall–Kier alpha value is -2.22. The lowest BCUT2D eigenvalue weighted by Gasteiger charge is -2.33. The van der Waals surface area contributed by atoms with Crippen molar-refractivity contribution in [3.05, 3.63) is 30.1 Å². The van der Waals surface area contributed by atoms with E-state index in [0.717, 1.165) is 16.9 Å². The van der Waals surface area contributed by atoms with Gasteiger partial charge >= 0.3 is 6.03 Å². The van der Waals surface area contributed by atoms with E-state index in [1.165, 1.54) is 0 Å². The van der Waals surface area contributed by atoms with E-state index in [1.54, 1.807) is 0 Å². The van der Waals surface area contributed by atoms with Crippen molar-refractivity contribution in [1.29, 1.82) is 0 Å². The van der Waals surface area contributed by atoms with Gasteiger partial charge in [-0.1, -0.05) is 12.1 Å². The first kappa shape index (κ1) is 18.6. The molecule has 0 radical (unpaired) electrons. The number of rotatable bonds is 6. The van der Waals surface area contributed by atoms with Crippen LogP contribution in [0, 0.1) is 5.92 Å². The van der Waals surface area contributed by atoms with Crippen LogP contribution in [0.5, 0.6) is 0 Å². The van der Waals surface area contributed by atoms with Crippen molar-refractivity contribution in [3.8, 4) is 0 Å². The van der Waals surface area contributed by atoms with Gasteiger partial charge in [-0.2, -0.15) is 0 Å². The molecular formula is C18H24F2N4O2. The molecule has 1 heterocycles. The Morgan fingerprint density at radius 1 is 1.35 bits per heavy atom. The van der Waals surface area contributed by atoms with Gasteiger partial charge in [-0.15, -0.1) is 0 Å². The maximum absolute atomic E-state index is 13.2. The molecule has 0 spiro atoms. The summed E-state index contributed by atoms with van der Waals surface area (Å²) < 4.78 is 26.5. The molecule has 26 heavy (non-hydrogen) atoms. The number of para-hydroxylation sites is 2. The number of carbonyl (C=O) groups is 1. The number of H-pyrrole nitrogens is 1. The molecule has 8 heteroatoms. The Bertz CT molecular complexity index is 707. The van der Waals surface area contributed by atoms with Crippen LogP contribution < -0.4 is 10.6 Å². The van der Waals surface area contributed by atoms with E-state index in [4.69, 9.17) is 0 Å². The van der Waals surface area contributed by atoms with Gasteiger partial charge in [-0.3, -0.25) is 0 Å². The lowest BCUT2D eigenvalue weighted by Crippen LogP contribution is -2.49. The second-order valence-electron chi connectivity index (χ2n) is 6.83. The molecule has 0 saturated heterocycles. The Kier molecular flexibility index (Phi) is 5.70. The van der Waals surface area contributed by atoms with Crippen molar-refractivity contribution in [1.82, 2.24) is 20.6 Å². The zero-order chi connectivity index (χ0) is 18.6. The van der Waals surface area contributed by atoms with Gasteiger partial charge in [-0.25, -0.2) is 18.6 Å². The minimum atomic E-state index is -2.62. The molecule has 1 saturated carbocycles. The van der Waals surface area contributed by atoms with E-state index in [-0.39, 0.29) is 25.4 Å². The van der Waals surface area contributed by atoms with Gasteiger partial charge in [0.15, 0.2) is 0 Å². The SMILES string of the molecule is O=C(NCCc1nc2ccccc2[nH]1)NC(CO)C1CCC(F)(F)CC1. The molecule has 1 aliphatic carbocycles. The van der Waals surface area contributed by atoms with Crippen LogP contribution in [0.3, 0.4) is 0 Å². The molecule has 1 fully saturated rings. The van der Waals surface area contributed by atoms with Crippen LogP contribution in [0.4, 0.5) is 13.6 Å². The third-order valence-corrected chi connectivity index (χ3v) is 4.93. The van der Waals surface area contributed by atoms with Crippen LogP contribution in [0.1, 0.15) is 31.5 Å². The maximum Gasteiger partial charge on any atom is 0.315 e. The number of aliphatic hydroxyl groups is 1. The monoisotopic (exact) mass is 366 g/mol. The third-order valence-electron chi connectivity index (χ3n) is 4.93. The van der Waals surface area contributed by atoms with E-state index in [2.05, 4.69) is 20.6 Å². The van der Waals surface area contributed by atoms with Gasteiger partial charge < -0.3 is 20.7 Å². The fourth-order valence-corrected chi connectivity index (χ4v) is 3.42. The number of benzene rings is 1. The van der Waals surface area contributed by atoms with E-state index < -0.39 is 18.0 Å². The zero-order valence-corrected chi connectivity index (χ0v) is 14.5. The Balaban J connectivity index is 1.44. The zero-order valence-electron chi connectivity index (χ0n) is 14.5. The number of fused-ring (bicyclic) bond motifs is 1. The molecule has 2 aromatic rings. The van der Waals surface area contributed by atoms with Crippen LogP contribution >= 0.6 is 0 Å². The smallest absolute Gasteiger partial charge is 0.315 e. The fourth-order valence-electron chi connectivity index (χ4n) is 3.42. The Morgan fingerprint density at radius 2 is 2.08 bits per heavy atom. The number of alkyl halides is 2. The molecule has 0 aliphatic heterocycles. The highest BCUT2D eigenvalue weighted by molar-refractivity contribution is 5.75. The van der Waals surface area contributed by atoms with Crippen LogP contribution in [-0.2, 0) is 6.42 Å². The number of aliphatic hydroxyl groups excluding tert-OH is 1. The van der Waals surface area contributed by atoms with Crippen molar-refractivity contribution in [3.63, 3.8) is 0 Å². The van der Waals surface area contributed by atoms with Gasteiger partial charge in [0.25, 0.3) is 0 Å². The number of amides is 2. The van der Waals surface area contributed by atoms with Crippen LogP contribution in [0.15, 0.2) is 24.3 Å². The minimum Gasteiger partial charge on any atom is -0.394 e. The number of nitrogens with zero attached hydrogens (tertiary/aromatic N) is 1. The van der Waals surface area contributed by atoms with Crippen molar-refractivity contribution in [2.45, 2.75) is 44.1 Å². The number of aromatic amines is 1. The number of carbonyl (C=O) groups excluding carboxylic acids is 1. The van der Waals surface area contributed by atoms with E-state index in [0.29, 0.717) is 25.8 Å².